The Morgan fingerprint density at radius 3 is 2.81 bits per heavy atom. The van der Waals surface area contributed by atoms with E-state index in [4.69, 9.17) is 0 Å². The maximum atomic E-state index is 11.7. The molecule has 1 aliphatic carbocycles. The number of nitrogens with one attached hydrogen (secondary N) is 1. The summed E-state index contributed by atoms with van der Waals surface area (Å²) in [4.78, 5) is 15.8. The van der Waals surface area contributed by atoms with E-state index in [1.165, 1.54) is 25.7 Å². The van der Waals surface area contributed by atoms with E-state index in [0.29, 0.717) is 11.6 Å². The molecule has 4 heteroatoms. The zero-order chi connectivity index (χ0) is 11.4. The second kappa shape index (κ2) is 5.43. The van der Waals surface area contributed by atoms with Crippen LogP contribution in [0.15, 0.2) is 22.8 Å². The molecule has 86 valence electrons. The summed E-state index contributed by atoms with van der Waals surface area (Å²) in [6.45, 7) is 0.788. The molecule has 1 aromatic rings. The third kappa shape index (κ3) is 3.04. The van der Waals surface area contributed by atoms with Crippen LogP contribution < -0.4 is 5.32 Å². The first-order valence-corrected chi connectivity index (χ1v) is 6.45. The fraction of sp³-hybridized carbons (Fsp3) is 0.500. The van der Waals surface area contributed by atoms with Gasteiger partial charge in [0.1, 0.15) is 5.69 Å². The van der Waals surface area contributed by atoms with Crippen LogP contribution in [0.1, 0.15) is 36.2 Å². The third-order valence-corrected chi connectivity index (χ3v) is 3.46. The van der Waals surface area contributed by atoms with Gasteiger partial charge in [-0.1, -0.05) is 12.8 Å². The number of carbonyl (C=O) groups excluding carboxylic acids is 1. The highest BCUT2D eigenvalue weighted by Gasteiger charge is 2.16. The molecule has 16 heavy (non-hydrogen) atoms. The Bertz CT molecular complexity index is 358. The Morgan fingerprint density at radius 1 is 1.44 bits per heavy atom. The Labute approximate surface area is 104 Å². The molecule has 1 N–H and O–H groups in total. The fourth-order valence-electron chi connectivity index (χ4n) is 2.05. The van der Waals surface area contributed by atoms with Crippen LogP contribution in [-0.2, 0) is 0 Å². The maximum absolute atomic E-state index is 11.7. The van der Waals surface area contributed by atoms with Gasteiger partial charge >= 0.3 is 0 Å². The maximum Gasteiger partial charge on any atom is 0.269 e. The van der Waals surface area contributed by atoms with Crippen molar-refractivity contribution in [2.45, 2.75) is 25.7 Å². The van der Waals surface area contributed by atoms with E-state index in [1.54, 1.807) is 12.3 Å². The van der Waals surface area contributed by atoms with Crippen molar-refractivity contribution in [2.24, 2.45) is 5.92 Å². The lowest BCUT2D eigenvalue weighted by Gasteiger charge is -2.09. The first-order chi connectivity index (χ1) is 7.75. The second-order valence-electron chi connectivity index (χ2n) is 4.22. The summed E-state index contributed by atoms with van der Waals surface area (Å²) in [7, 11) is 0. The molecule has 1 fully saturated rings. The molecular weight excluding hydrogens is 268 g/mol. The number of hydrogen-bond acceptors (Lipinski definition) is 2. The Kier molecular flexibility index (Phi) is 3.93. The summed E-state index contributed by atoms with van der Waals surface area (Å²) in [6.07, 6.45) is 6.74. The standard InChI is InChI=1S/C12H15BrN2O/c13-10-5-6-11(14-8-10)12(16)15-7-9-3-1-2-4-9/h5-6,8-9H,1-4,7H2,(H,15,16). The summed E-state index contributed by atoms with van der Waals surface area (Å²) in [5.41, 5.74) is 0.487. The molecule has 2 rings (SSSR count). The van der Waals surface area contributed by atoms with Crippen LogP contribution in [0.5, 0.6) is 0 Å². The minimum atomic E-state index is -0.0700. The predicted molar refractivity (Wildman–Crippen MR) is 66.2 cm³/mol. The number of rotatable bonds is 3. The van der Waals surface area contributed by atoms with Gasteiger partial charge in [-0.05, 0) is 46.8 Å². The molecule has 0 radical (unpaired) electrons. The number of amides is 1. The monoisotopic (exact) mass is 282 g/mol. The topological polar surface area (TPSA) is 42.0 Å². The molecule has 1 amide bonds. The van der Waals surface area contributed by atoms with Crippen molar-refractivity contribution in [3.05, 3.63) is 28.5 Å². The van der Waals surface area contributed by atoms with Crippen LogP contribution in [0.3, 0.4) is 0 Å². The van der Waals surface area contributed by atoms with Crippen LogP contribution >= 0.6 is 15.9 Å². The van der Waals surface area contributed by atoms with E-state index in [1.807, 2.05) is 6.07 Å². The molecule has 0 bridgehead atoms. The summed E-state index contributed by atoms with van der Waals surface area (Å²) < 4.78 is 0.889. The Balaban J connectivity index is 1.85. The molecule has 3 nitrogen and oxygen atoms in total. The normalized spacial score (nSPS) is 16.3. The molecule has 0 aliphatic heterocycles. The lowest BCUT2D eigenvalue weighted by molar-refractivity contribution is 0.0942. The van der Waals surface area contributed by atoms with Gasteiger partial charge in [-0.3, -0.25) is 4.79 Å². The van der Waals surface area contributed by atoms with Crippen molar-refractivity contribution in [3.8, 4) is 0 Å². The second-order valence-corrected chi connectivity index (χ2v) is 5.14. The highest BCUT2D eigenvalue weighted by molar-refractivity contribution is 9.10. The molecule has 0 spiro atoms. The number of aromatic nitrogens is 1. The van der Waals surface area contributed by atoms with E-state index in [9.17, 15) is 4.79 Å². The van der Waals surface area contributed by atoms with Gasteiger partial charge in [0.15, 0.2) is 0 Å². The number of carbonyl (C=O) groups is 1. The van der Waals surface area contributed by atoms with E-state index >= 15 is 0 Å². The molecule has 1 aromatic heterocycles. The third-order valence-electron chi connectivity index (χ3n) is 2.99. The Hall–Kier alpha value is -0.900. The van der Waals surface area contributed by atoms with Crippen molar-refractivity contribution < 1.29 is 4.79 Å². The minimum Gasteiger partial charge on any atom is -0.350 e. The quantitative estimate of drug-likeness (QED) is 0.926. The average Bonchev–Trinajstić information content (AvgIpc) is 2.80. The van der Waals surface area contributed by atoms with Crippen LogP contribution in [0.2, 0.25) is 0 Å². The van der Waals surface area contributed by atoms with Gasteiger partial charge in [0.05, 0.1) is 0 Å². The lowest BCUT2D eigenvalue weighted by Crippen LogP contribution is -2.28. The van der Waals surface area contributed by atoms with Crippen LogP contribution in [0.25, 0.3) is 0 Å². The van der Waals surface area contributed by atoms with Crippen LogP contribution in [0.4, 0.5) is 0 Å². The van der Waals surface area contributed by atoms with Gasteiger partial charge in [-0.2, -0.15) is 0 Å². The van der Waals surface area contributed by atoms with Gasteiger partial charge in [0.25, 0.3) is 5.91 Å². The molecule has 0 unspecified atom stereocenters. The fourth-order valence-corrected chi connectivity index (χ4v) is 2.29. The van der Waals surface area contributed by atoms with Crippen LogP contribution in [-0.4, -0.2) is 17.4 Å². The van der Waals surface area contributed by atoms with Gasteiger partial charge in [0, 0.05) is 17.2 Å². The average molecular weight is 283 g/mol. The number of nitrogens with zero attached hydrogens (tertiary/aromatic N) is 1. The highest BCUT2D eigenvalue weighted by atomic mass is 79.9. The zero-order valence-electron chi connectivity index (χ0n) is 9.08. The van der Waals surface area contributed by atoms with Crippen molar-refractivity contribution in [1.82, 2.24) is 10.3 Å². The molecule has 0 atom stereocenters. The highest BCUT2D eigenvalue weighted by Crippen LogP contribution is 2.23. The minimum absolute atomic E-state index is 0.0700. The summed E-state index contributed by atoms with van der Waals surface area (Å²) in [5, 5.41) is 2.94. The zero-order valence-corrected chi connectivity index (χ0v) is 10.7. The first-order valence-electron chi connectivity index (χ1n) is 5.65. The van der Waals surface area contributed by atoms with Gasteiger partial charge in [-0.25, -0.2) is 4.98 Å². The van der Waals surface area contributed by atoms with Gasteiger partial charge < -0.3 is 5.32 Å². The number of halogens is 1. The van der Waals surface area contributed by atoms with E-state index in [2.05, 4.69) is 26.2 Å². The van der Waals surface area contributed by atoms with E-state index in [-0.39, 0.29) is 5.91 Å². The molecule has 1 saturated carbocycles. The van der Waals surface area contributed by atoms with Crippen molar-refractivity contribution in [1.29, 1.82) is 0 Å². The number of pyridine rings is 1. The van der Waals surface area contributed by atoms with Gasteiger partial charge in [0.2, 0.25) is 0 Å². The first kappa shape index (κ1) is 11.6. The molecule has 0 aromatic carbocycles. The van der Waals surface area contributed by atoms with Crippen molar-refractivity contribution in [2.75, 3.05) is 6.54 Å². The van der Waals surface area contributed by atoms with Crippen LogP contribution in [0, 0.1) is 5.92 Å². The number of hydrogen-bond donors (Lipinski definition) is 1. The smallest absolute Gasteiger partial charge is 0.269 e. The van der Waals surface area contributed by atoms with E-state index in [0.717, 1.165) is 11.0 Å². The predicted octanol–water partition coefficient (Wildman–Crippen LogP) is 2.76. The summed E-state index contributed by atoms with van der Waals surface area (Å²) in [6, 6.07) is 3.56. The van der Waals surface area contributed by atoms with E-state index < -0.39 is 0 Å². The summed E-state index contributed by atoms with van der Waals surface area (Å²) in [5.74, 6) is 0.596. The largest absolute Gasteiger partial charge is 0.350 e. The lowest BCUT2D eigenvalue weighted by atomic mass is 10.1. The molecular formula is C12H15BrN2O. The van der Waals surface area contributed by atoms with Crippen molar-refractivity contribution in [3.63, 3.8) is 0 Å². The molecule has 0 saturated heterocycles. The van der Waals surface area contributed by atoms with Gasteiger partial charge in [-0.15, -0.1) is 0 Å². The summed E-state index contributed by atoms with van der Waals surface area (Å²) >= 11 is 3.29. The molecule has 1 heterocycles. The van der Waals surface area contributed by atoms with Crippen molar-refractivity contribution >= 4 is 21.8 Å². The SMILES string of the molecule is O=C(NCC1CCCC1)c1ccc(Br)cn1. The molecule has 1 aliphatic rings. The Morgan fingerprint density at radius 2 is 2.19 bits per heavy atom.